The van der Waals surface area contributed by atoms with Crippen molar-refractivity contribution in [2.75, 3.05) is 18.4 Å². The van der Waals surface area contributed by atoms with E-state index in [9.17, 15) is 22.0 Å². The number of piperidine rings is 1. The number of hydrogen-bond donors (Lipinski definition) is 1. The number of carbonyl (C=O) groups is 1. The fourth-order valence-corrected chi connectivity index (χ4v) is 5.99. The van der Waals surface area contributed by atoms with Crippen LogP contribution >= 0.6 is 11.3 Å². The third-order valence-electron chi connectivity index (χ3n) is 5.20. The van der Waals surface area contributed by atoms with Crippen molar-refractivity contribution in [1.82, 2.24) is 14.5 Å². The van der Waals surface area contributed by atoms with E-state index in [1.54, 1.807) is 12.1 Å². The molecule has 4 rings (SSSR count). The van der Waals surface area contributed by atoms with Crippen molar-refractivity contribution in [3.05, 3.63) is 75.7 Å². The molecule has 0 spiro atoms. The zero-order valence-corrected chi connectivity index (χ0v) is 18.5. The smallest absolute Gasteiger partial charge is 0.286 e. The molecule has 1 N–H and O–H groups in total. The predicted octanol–water partition coefficient (Wildman–Crippen LogP) is 3.78. The fourth-order valence-electron chi connectivity index (χ4n) is 3.52. The zero-order chi connectivity index (χ0) is 22.7. The molecule has 0 aliphatic carbocycles. The molecular formula is C21H20F2N4O3S2. The highest BCUT2D eigenvalue weighted by atomic mass is 32.2. The summed E-state index contributed by atoms with van der Waals surface area (Å²) in [5, 5.41) is 11.0. The fraction of sp³-hybridized carbons (Fsp3) is 0.286. The van der Waals surface area contributed by atoms with Crippen LogP contribution in [-0.2, 0) is 15.8 Å². The average Bonchev–Trinajstić information content (AvgIpc) is 3.27. The first-order chi connectivity index (χ1) is 15.3. The Hall–Kier alpha value is -2.76. The molecule has 7 nitrogen and oxygen atoms in total. The van der Waals surface area contributed by atoms with E-state index < -0.39 is 27.6 Å². The van der Waals surface area contributed by atoms with E-state index in [0.717, 1.165) is 29.0 Å². The van der Waals surface area contributed by atoms with E-state index in [2.05, 4.69) is 15.5 Å². The zero-order valence-electron chi connectivity index (χ0n) is 16.9. The largest absolute Gasteiger partial charge is 0.317 e. The Bertz CT molecular complexity index is 1210. The van der Waals surface area contributed by atoms with Gasteiger partial charge in [0.05, 0.1) is 11.4 Å². The summed E-state index contributed by atoms with van der Waals surface area (Å²) in [5.41, 5.74) is 0.595. The SMILES string of the molecule is O=C(Nc1ccc(F)cc1F)c1nnc(C2CCN(S(=O)(=O)Cc3ccccc3)CC2)s1. The first kappa shape index (κ1) is 22.4. The monoisotopic (exact) mass is 478 g/mol. The average molecular weight is 479 g/mol. The molecule has 0 atom stereocenters. The number of benzene rings is 2. The first-order valence-corrected chi connectivity index (χ1v) is 12.4. The first-order valence-electron chi connectivity index (χ1n) is 9.93. The summed E-state index contributed by atoms with van der Waals surface area (Å²) in [5.74, 6) is -2.31. The molecular weight excluding hydrogens is 458 g/mol. The van der Waals surface area contributed by atoms with Crippen molar-refractivity contribution in [2.24, 2.45) is 0 Å². The van der Waals surface area contributed by atoms with Crippen molar-refractivity contribution in [3.63, 3.8) is 0 Å². The Morgan fingerprint density at radius 2 is 1.81 bits per heavy atom. The third-order valence-corrected chi connectivity index (χ3v) is 8.14. The molecule has 32 heavy (non-hydrogen) atoms. The van der Waals surface area contributed by atoms with Gasteiger partial charge in [-0.3, -0.25) is 4.79 Å². The van der Waals surface area contributed by atoms with Crippen LogP contribution in [0.1, 0.15) is 39.1 Å². The molecule has 1 saturated heterocycles. The van der Waals surface area contributed by atoms with Gasteiger partial charge in [0.15, 0.2) is 0 Å². The van der Waals surface area contributed by atoms with Gasteiger partial charge in [-0.2, -0.15) is 0 Å². The Morgan fingerprint density at radius 1 is 1.09 bits per heavy atom. The number of hydrogen-bond acceptors (Lipinski definition) is 6. The van der Waals surface area contributed by atoms with Crippen LogP contribution in [0.25, 0.3) is 0 Å². The Balaban J connectivity index is 1.36. The lowest BCUT2D eigenvalue weighted by molar-refractivity contribution is 0.102. The standard InChI is InChI=1S/C21H20F2N4O3S2/c22-16-6-7-18(17(23)12-16)24-19(28)21-26-25-20(31-21)15-8-10-27(11-9-15)32(29,30)13-14-4-2-1-3-5-14/h1-7,12,15H,8-11,13H2,(H,24,28). The molecule has 3 aromatic rings. The topological polar surface area (TPSA) is 92.3 Å². The summed E-state index contributed by atoms with van der Waals surface area (Å²) < 4.78 is 53.7. The van der Waals surface area contributed by atoms with Crippen LogP contribution in [0, 0.1) is 11.6 Å². The normalized spacial score (nSPS) is 15.6. The molecule has 0 radical (unpaired) electrons. The molecule has 0 unspecified atom stereocenters. The van der Waals surface area contributed by atoms with E-state index in [-0.39, 0.29) is 22.4 Å². The lowest BCUT2D eigenvalue weighted by Gasteiger charge is -2.30. The minimum absolute atomic E-state index is 0.0141. The number of nitrogens with one attached hydrogen (secondary N) is 1. The van der Waals surface area contributed by atoms with Gasteiger partial charge in [0.25, 0.3) is 5.91 Å². The van der Waals surface area contributed by atoms with Gasteiger partial charge in [0.1, 0.15) is 16.6 Å². The summed E-state index contributed by atoms with van der Waals surface area (Å²) in [6.07, 6.45) is 1.13. The Labute approximate surface area is 188 Å². The molecule has 2 heterocycles. The van der Waals surface area contributed by atoms with Crippen LogP contribution in [0.2, 0.25) is 0 Å². The van der Waals surface area contributed by atoms with Crippen LogP contribution in [0.4, 0.5) is 14.5 Å². The van der Waals surface area contributed by atoms with Crippen molar-refractivity contribution in [1.29, 1.82) is 0 Å². The Kier molecular flexibility index (Phi) is 6.58. The molecule has 0 saturated carbocycles. The van der Waals surface area contributed by atoms with Crippen LogP contribution in [0.3, 0.4) is 0 Å². The van der Waals surface area contributed by atoms with Crippen LogP contribution < -0.4 is 5.32 Å². The number of nitrogens with zero attached hydrogens (tertiary/aromatic N) is 3. The van der Waals surface area contributed by atoms with Gasteiger partial charge in [-0.05, 0) is 30.5 Å². The number of aromatic nitrogens is 2. The highest BCUT2D eigenvalue weighted by molar-refractivity contribution is 7.88. The van der Waals surface area contributed by atoms with E-state index in [4.69, 9.17) is 0 Å². The lowest BCUT2D eigenvalue weighted by atomic mass is 9.99. The molecule has 2 aromatic carbocycles. The van der Waals surface area contributed by atoms with Gasteiger partial charge in [-0.25, -0.2) is 21.5 Å². The summed E-state index contributed by atoms with van der Waals surface area (Å²) in [4.78, 5) is 12.4. The van der Waals surface area contributed by atoms with Gasteiger partial charge in [-0.1, -0.05) is 41.7 Å². The van der Waals surface area contributed by atoms with Gasteiger partial charge in [0.2, 0.25) is 15.0 Å². The van der Waals surface area contributed by atoms with E-state index in [0.29, 0.717) is 37.0 Å². The molecule has 1 amide bonds. The van der Waals surface area contributed by atoms with Crippen molar-refractivity contribution >= 4 is 33.0 Å². The van der Waals surface area contributed by atoms with Crippen LogP contribution in [0.5, 0.6) is 0 Å². The number of sulfonamides is 1. The highest BCUT2D eigenvalue weighted by Crippen LogP contribution is 2.32. The molecule has 0 bridgehead atoms. The van der Waals surface area contributed by atoms with Gasteiger partial charge in [-0.15, -0.1) is 10.2 Å². The summed E-state index contributed by atoms with van der Waals surface area (Å²) in [7, 11) is -3.42. The van der Waals surface area contributed by atoms with Crippen molar-refractivity contribution in [2.45, 2.75) is 24.5 Å². The minimum Gasteiger partial charge on any atom is -0.317 e. The van der Waals surface area contributed by atoms with Gasteiger partial charge < -0.3 is 5.32 Å². The van der Waals surface area contributed by atoms with Crippen molar-refractivity contribution in [3.8, 4) is 0 Å². The minimum atomic E-state index is -3.42. The number of halogens is 2. The molecule has 1 aliphatic rings. The molecule has 1 aromatic heterocycles. The van der Waals surface area contributed by atoms with Gasteiger partial charge in [0, 0.05) is 25.1 Å². The number of rotatable bonds is 6. The summed E-state index contributed by atoms with van der Waals surface area (Å²) in [6, 6.07) is 11.9. The maximum atomic E-state index is 13.8. The molecule has 1 fully saturated rings. The number of carbonyl (C=O) groups excluding carboxylic acids is 1. The Morgan fingerprint density at radius 3 is 2.50 bits per heavy atom. The van der Waals surface area contributed by atoms with Gasteiger partial charge >= 0.3 is 0 Å². The second-order valence-electron chi connectivity index (χ2n) is 7.44. The quantitative estimate of drug-likeness (QED) is 0.582. The lowest BCUT2D eigenvalue weighted by Crippen LogP contribution is -2.38. The van der Waals surface area contributed by atoms with E-state index in [1.807, 2.05) is 18.2 Å². The second-order valence-corrected chi connectivity index (χ2v) is 10.4. The van der Waals surface area contributed by atoms with E-state index >= 15 is 0 Å². The summed E-state index contributed by atoms with van der Waals surface area (Å²) in [6.45, 7) is 0.726. The maximum absolute atomic E-state index is 13.8. The van der Waals surface area contributed by atoms with E-state index in [1.165, 1.54) is 4.31 Å². The van der Waals surface area contributed by atoms with Crippen LogP contribution in [-0.4, -0.2) is 41.9 Å². The van der Waals surface area contributed by atoms with Crippen LogP contribution in [0.15, 0.2) is 48.5 Å². The van der Waals surface area contributed by atoms with Crippen molar-refractivity contribution < 1.29 is 22.0 Å². The number of amides is 1. The highest BCUT2D eigenvalue weighted by Gasteiger charge is 2.30. The predicted molar refractivity (Wildman–Crippen MR) is 117 cm³/mol. The molecule has 1 aliphatic heterocycles. The maximum Gasteiger partial charge on any atom is 0.286 e. The third kappa shape index (κ3) is 5.17. The number of anilines is 1. The second kappa shape index (κ2) is 9.39. The summed E-state index contributed by atoms with van der Waals surface area (Å²) >= 11 is 1.09. The molecule has 11 heteroatoms. The molecule has 168 valence electrons.